The van der Waals surface area contributed by atoms with Crippen LogP contribution in [-0.4, -0.2) is 28.0 Å². The van der Waals surface area contributed by atoms with E-state index in [0.29, 0.717) is 18.9 Å². The van der Waals surface area contributed by atoms with Gasteiger partial charge in [0.15, 0.2) is 0 Å². The van der Waals surface area contributed by atoms with Crippen molar-refractivity contribution in [3.05, 3.63) is 52.3 Å². The zero-order chi connectivity index (χ0) is 16.8. The van der Waals surface area contributed by atoms with Crippen molar-refractivity contribution in [2.45, 2.75) is 26.8 Å². The summed E-state index contributed by atoms with van der Waals surface area (Å²) in [6, 6.07) is 9.63. The van der Waals surface area contributed by atoms with Gasteiger partial charge in [-0.15, -0.1) is 0 Å². The summed E-state index contributed by atoms with van der Waals surface area (Å²) in [5.74, 6) is 0.584. The molecule has 2 rings (SSSR count). The Balaban J connectivity index is 2.38. The molecule has 7 nitrogen and oxygen atoms in total. The minimum Gasteiger partial charge on any atom is -0.358 e. The third kappa shape index (κ3) is 3.74. The third-order valence-corrected chi connectivity index (χ3v) is 3.70. The van der Waals surface area contributed by atoms with Gasteiger partial charge in [-0.2, -0.15) is 0 Å². The maximum absolute atomic E-state index is 11.6. The molecule has 0 aliphatic heterocycles. The van der Waals surface area contributed by atoms with Gasteiger partial charge in [-0.1, -0.05) is 30.3 Å². The molecule has 23 heavy (non-hydrogen) atoms. The molecule has 1 aromatic carbocycles. The Kier molecular flexibility index (Phi) is 5.46. The van der Waals surface area contributed by atoms with E-state index in [1.54, 1.807) is 0 Å². The summed E-state index contributed by atoms with van der Waals surface area (Å²) in [6.07, 6.45) is 1.36. The van der Waals surface area contributed by atoms with E-state index < -0.39 is 4.92 Å². The van der Waals surface area contributed by atoms with Gasteiger partial charge in [0.1, 0.15) is 6.33 Å². The summed E-state index contributed by atoms with van der Waals surface area (Å²) in [6.45, 7) is 7.10. The number of nitrogens with one attached hydrogen (secondary N) is 1. The van der Waals surface area contributed by atoms with E-state index in [-0.39, 0.29) is 17.5 Å². The predicted molar refractivity (Wildman–Crippen MR) is 90.7 cm³/mol. The highest BCUT2D eigenvalue weighted by molar-refractivity contribution is 5.70. The van der Waals surface area contributed by atoms with Crippen molar-refractivity contribution < 1.29 is 4.92 Å². The first-order valence-corrected chi connectivity index (χ1v) is 7.64. The van der Waals surface area contributed by atoms with E-state index >= 15 is 0 Å². The lowest BCUT2D eigenvalue weighted by atomic mass is 10.1. The highest BCUT2D eigenvalue weighted by Gasteiger charge is 2.26. The lowest BCUT2D eigenvalue weighted by Crippen LogP contribution is -2.25. The van der Waals surface area contributed by atoms with Gasteiger partial charge in [-0.05, 0) is 26.3 Å². The lowest BCUT2D eigenvalue weighted by Gasteiger charge is -2.21. The number of nitro groups is 1. The number of hydrogen-bond acceptors (Lipinski definition) is 6. The summed E-state index contributed by atoms with van der Waals surface area (Å²) in [5.41, 5.74) is 0.948. The number of nitrogens with zero attached hydrogens (tertiary/aromatic N) is 4. The molecule has 1 heterocycles. The Morgan fingerprint density at radius 3 is 2.43 bits per heavy atom. The Hall–Kier alpha value is -2.70. The van der Waals surface area contributed by atoms with Crippen molar-refractivity contribution in [1.82, 2.24) is 9.97 Å². The Bertz CT molecular complexity index is 659. The lowest BCUT2D eigenvalue weighted by molar-refractivity contribution is -0.383. The molecule has 0 amide bonds. The van der Waals surface area contributed by atoms with Crippen LogP contribution >= 0.6 is 0 Å². The van der Waals surface area contributed by atoms with Crippen molar-refractivity contribution in [1.29, 1.82) is 0 Å². The molecule has 122 valence electrons. The van der Waals surface area contributed by atoms with Crippen LogP contribution in [0.3, 0.4) is 0 Å². The average molecular weight is 315 g/mol. The Morgan fingerprint density at radius 1 is 1.22 bits per heavy atom. The molecule has 0 saturated heterocycles. The van der Waals surface area contributed by atoms with E-state index in [2.05, 4.69) is 15.3 Å². The van der Waals surface area contributed by atoms with Crippen LogP contribution in [0, 0.1) is 10.1 Å². The molecule has 0 saturated carbocycles. The summed E-state index contributed by atoms with van der Waals surface area (Å²) >= 11 is 0. The third-order valence-electron chi connectivity index (χ3n) is 3.70. The zero-order valence-electron chi connectivity index (χ0n) is 13.6. The van der Waals surface area contributed by atoms with Gasteiger partial charge in [0.2, 0.25) is 11.6 Å². The number of aromatic nitrogens is 2. The minimum atomic E-state index is -0.423. The summed E-state index contributed by atoms with van der Waals surface area (Å²) in [4.78, 5) is 21.2. The van der Waals surface area contributed by atoms with Crippen LogP contribution in [0.4, 0.5) is 17.3 Å². The standard InChI is InChI=1S/C16H21N5O2/c1-4-20(5-2)16-14(21(22)23)15(17-11-18-16)19-12(3)13-9-7-6-8-10-13/h6-12H,4-5H2,1-3H3,(H,17,18,19). The molecule has 1 aromatic heterocycles. The molecule has 7 heteroatoms. The van der Waals surface area contributed by atoms with E-state index in [9.17, 15) is 10.1 Å². The molecular weight excluding hydrogens is 294 g/mol. The molecular formula is C16H21N5O2. The van der Waals surface area contributed by atoms with E-state index in [1.165, 1.54) is 6.33 Å². The molecule has 0 spiro atoms. The molecule has 2 aromatic rings. The van der Waals surface area contributed by atoms with E-state index in [4.69, 9.17) is 0 Å². The second-order valence-corrected chi connectivity index (χ2v) is 5.10. The molecule has 1 N–H and O–H groups in total. The maximum atomic E-state index is 11.6. The van der Waals surface area contributed by atoms with E-state index in [1.807, 2.05) is 56.0 Å². The first-order chi connectivity index (χ1) is 11.1. The van der Waals surface area contributed by atoms with Crippen molar-refractivity contribution >= 4 is 17.3 Å². The first-order valence-electron chi connectivity index (χ1n) is 7.64. The summed E-state index contributed by atoms with van der Waals surface area (Å²) in [5, 5.41) is 14.7. The van der Waals surface area contributed by atoms with Gasteiger partial charge in [-0.25, -0.2) is 9.97 Å². The van der Waals surface area contributed by atoms with E-state index in [0.717, 1.165) is 5.56 Å². The maximum Gasteiger partial charge on any atom is 0.353 e. The van der Waals surface area contributed by atoms with Crippen LogP contribution in [-0.2, 0) is 0 Å². The fourth-order valence-corrected chi connectivity index (χ4v) is 2.43. The highest BCUT2D eigenvalue weighted by atomic mass is 16.6. The second kappa shape index (κ2) is 7.53. The van der Waals surface area contributed by atoms with Crippen molar-refractivity contribution in [2.75, 3.05) is 23.3 Å². The predicted octanol–water partition coefficient (Wildman–Crippen LogP) is 3.40. The van der Waals surface area contributed by atoms with Crippen molar-refractivity contribution in [3.8, 4) is 0 Å². The fourth-order valence-electron chi connectivity index (χ4n) is 2.43. The second-order valence-electron chi connectivity index (χ2n) is 5.10. The van der Waals surface area contributed by atoms with Crippen molar-refractivity contribution in [3.63, 3.8) is 0 Å². The molecule has 0 aliphatic rings. The average Bonchev–Trinajstić information content (AvgIpc) is 2.56. The molecule has 0 bridgehead atoms. The largest absolute Gasteiger partial charge is 0.358 e. The van der Waals surface area contributed by atoms with Crippen LogP contribution in [0.25, 0.3) is 0 Å². The number of hydrogen-bond donors (Lipinski definition) is 1. The van der Waals surface area contributed by atoms with Crippen molar-refractivity contribution in [2.24, 2.45) is 0 Å². The topological polar surface area (TPSA) is 84.2 Å². The van der Waals surface area contributed by atoms with Crippen LogP contribution in [0.5, 0.6) is 0 Å². The molecule has 0 aliphatic carbocycles. The van der Waals surface area contributed by atoms with Gasteiger partial charge >= 0.3 is 5.69 Å². The van der Waals surface area contributed by atoms with Crippen LogP contribution in [0.15, 0.2) is 36.7 Å². The van der Waals surface area contributed by atoms with Gasteiger partial charge in [0, 0.05) is 13.1 Å². The zero-order valence-corrected chi connectivity index (χ0v) is 13.6. The number of rotatable bonds is 7. The quantitative estimate of drug-likeness (QED) is 0.622. The van der Waals surface area contributed by atoms with Crippen LogP contribution in [0.2, 0.25) is 0 Å². The van der Waals surface area contributed by atoms with Crippen LogP contribution < -0.4 is 10.2 Å². The monoisotopic (exact) mass is 315 g/mol. The Labute approximate surface area is 135 Å². The molecule has 1 unspecified atom stereocenters. The summed E-state index contributed by atoms with van der Waals surface area (Å²) < 4.78 is 0. The smallest absolute Gasteiger partial charge is 0.353 e. The molecule has 0 fully saturated rings. The van der Waals surface area contributed by atoms with Gasteiger partial charge in [0.25, 0.3) is 0 Å². The summed E-state index contributed by atoms with van der Waals surface area (Å²) in [7, 11) is 0. The van der Waals surface area contributed by atoms with Gasteiger partial charge < -0.3 is 10.2 Å². The number of anilines is 2. The van der Waals surface area contributed by atoms with Gasteiger partial charge in [-0.3, -0.25) is 10.1 Å². The highest BCUT2D eigenvalue weighted by Crippen LogP contribution is 2.33. The van der Waals surface area contributed by atoms with Crippen LogP contribution in [0.1, 0.15) is 32.4 Å². The Morgan fingerprint density at radius 2 is 1.87 bits per heavy atom. The first kappa shape index (κ1) is 16.7. The SMILES string of the molecule is CCN(CC)c1ncnc(NC(C)c2ccccc2)c1[N+](=O)[O-]. The minimum absolute atomic E-state index is 0.0843. The van der Waals surface area contributed by atoms with Gasteiger partial charge in [0.05, 0.1) is 11.0 Å². The molecule has 0 radical (unpaired) electrons. The normalized spacial score (nSPS) is 11.8. The fraction of sp³-hybridized carbons (Fsp3) is 0.375. The number of benzene rings is 1. The molecule has 1 atom stereocenters.